The molecule has 0 saturated heterocycles. The van der Waals surface area contributed by atoms with E-state index in [2.05, 4.69) is 4.98 Å². The molecule has 3 rings (SSSR count). The number of benzene rings is 2. The van der Waals surface area contributed by atoms with Gasteiger partial charge in [0, 0.05) is 29.0 Å². The van der Waals surface area contributed by atoms with Crippen LogP contribution < -0.4 is 4.74 Å². The minimum atomic E-state index is -0.498. The number of hydrogen-bond acceptors (Lipinski definition) is 6. The van der Waals surface area contributed by atoms with Gasteiger partial charge in [-0.3, -0.25) is 9.59 Å². The van der Waals surface area contributed by atoms with Crippen LogP contribution in [0.5, 0.6) is 11.5 Å². The first-order chi connectivity index (χ1) is 13.9. The summed E-state index contributed by atoms with van der Waals surface area (Å²) in [6, 6.07) is 11.0. The number of nitrogens with zero attached hydrogens (tertiary/aromatic N) is 1. The van der Waals surface area contributed by atoms with Crippen LogP contribution in [-0.2, 0) is 9.53 Å². The highest BCUT2D eigenvalue weighted by Crippen LogP contribution is 2.33. The molecule has 2 aromatic carbocycles. The van der Waals surface area contributed by atoms with Gasteiger partial charge in [-0.15, -0.1) is 0 Å². The number of rotatable bonds is 7. The van der Waals surface area contributed by atoms with Gasteiger partial charge in [0.15, 0.2) is 5.78 Å². The zero-order valence-electron chi connectivity index (χ0n) is 16.1. The van der Waals surface area contributed by atoms with Gasteiger partial charge in [-0.05, 0) is 25.1 Å². The van der Waals surface area contributed by atoms with Gasteiger partial charge in [-0.1, -0.05) is 18.2 Å². The van der Waals surface area contributed by atoms with Crippen molar-refractivity contribution in [3.8, 4) is 22.6 Å². The largest absolute Gasteiger partial charge is 0.506 e. The van der Waals surface area contributed by atoms with Crippen molar-refractivity contribution >= 4 is 22.7 Å². The van der Waals surface area contributed by atoms with Crippen LogP contribution in [0.4, 0.5) is 4.39 Å². The highest BCUT2D eigenvalue weighted by atomic mass is 19.1. The van der Waals surface area contributed by atoms with Crippen molar-refractivity contribution in [1.29, 1.82) is 0 Å². The van der Waals surface area contributed by atoms with E-state index in [0.717, 1.165) is 0 Å². The molecule has 0 aliphatic rings. The average Bonchev–Trinajstić information content (AvgIpc) is 2.71. The van der Waals surface area contributed by atoms with Crippen molar-refractivity contribution in [2.75, 3.05) is 13.7 Å². The lowest BCUT2D eigenvalue weighted by molar-refractivity contribution is -0.143. The van der Waals surface area contributed by atoms with Crippen LogP contribution in [0.3, 0.4) is 0 Å². The molecule has 7 heteroatoms. The summed E-state index contributed by atoms with van der Waals surface area (Å²) in [4.78, 5) is 28.3. The van der Waals surface area contributed by atoms with Crippen molar-refractivity contribution in [3.05, 3.63) is 54.0 Å². The zero-order valence-corrected chi connectivity index (χ0v) is 16.1. The maximum absolute atomic E-state index is 14.6. The summed E-state index contributed by atoms with van der Waals surface area (Å²) in [6.45, 7) is 1.90. The number of hydrogen-bond donors (Lipinski definition) is 1. The van der Waals surface area contributed by atoms with E-state index in [1.54, 1.807) is 37.3 Å². The molecule has 0 spiro atoms. The first-order valence-electron chi connectivity index (χ1n) is 9.10. The Bertz CT molecular complexity index is 1080. The van der Waals surface area contributed by atoms with Crippen LogP contribution in [0.15, 0.2) is 42.5 Å². The van der Waals surface area contributed by atoms with E-state index in [4.69, 9.17) is 9.47 Å². The summed E-state index contributed by atoms with van der Waals surface area (Å²) in [5, 5.41) is 10.8. The van der Waals surface area contributed by atoms with E-state index in [1.165, 1.54) is 19.2 Å². The summed E-state index contributed by atoms with van der Waals surface area (Å²) >= 11 is 0. The second-order valence-corrected chi connectivity index (χ2v) is 6.31. The Morgan fingerprint density at radius 1 is 1.10 bits per heavy atom. The van der Waals surface area contributed by atoms with Gasteiger partial charge in [0.2, 0.25) is 0 Å². The summed E-state index contributed by atoms with van der Waals surface area (Å²) in [5.74, 6) is -1.41. The maximum atomic E-state index is 14.6. The zero-order chi connectivity index (χ0) is 21.0. The molecular formula is C22H20FNO5. The van der Waals surface area contributed by atoms with Crippen molar-refractivity contribution in [2.24, 2.45) is 0 Å². The number of carbonyl (C=O) groups is 2. The second-order valence-electron chi connectivity index (χ2n) is 6.31. The molecule has 0 saturated carbocycles. The number of fused-ring (bicyclic) bond motifs is 1. The molecule has 0 bridgehead atoms. The SMILES string of the molecule is CCOC(=O)CCC(=O)c1nc2c(-c3ccc(OC)cc3F)cccc2cc1O. The van der Waals surface area contributed by atoms with Gasteiger partial charge in [0.1, 0.15) is 23.0 Å². The van der Waals surface area contributed by atoms with Gasteiger partial charge in [-0.25, -0.2) is 9.37 Å². The number of ether oxygens (including phenoxy) is 2. The fraction of sp³-hybridized carbons (Fsp3) is 0.227. The summed E-state index contributed by atoms with van der Waals surface area (Å²) in [6.07, 6.45) is -0.259. The Morgan fingerprint density at radius 2 is 1.90 bits per heavy atom. The van der Waals surface area contributed by atoms with Gasteiger partial charge >= 0.3 is 5.97 Å². The number of aromatic nitrogens is 1. The number of halogens is 1. The van der Waals surface area contributed by atoms with Gasteiger partial charge in [0.05, 0.1) is 25.7 Å². The van der Waals surface area contributed by atoms with Crippen molar-refractivity contribution in [3.63, 3.8) is 0 Å². The summed E-state index contributed by atoms with van der Waals surface area (Å²) < 4.78 is 24.4. The summed E-state index contributed by atoms with van der Waals surface area (Å²) in [7, 11) is 1.45. The van der Waals surface area contributed by atoms with Crippen LogP contribution in [0.2, 0.25) is 0 Å². The molecule has 0 amide bonds. The van der Waals surface area contributed by atoms with Crippen LogP contribution in [-0.4, -0.2) is 35.6 Å². The molecule has 29 heavy (non-hydrogen) atoms. The van der Waals surface area contributed by atoms with E-state index in [0.29, 0.717) is 27.8 Å². The van der Waals surface area contributed by atoms with Crippen molar-refractivity contribution < 1.29 is 28.6 Å². The lowest BCUT2D eigenvalue weighted by Gasteiger charge is -2.11. The van der Waals surface area contributed by atoms with Gasteiger partial charge < -0.3 is 14.6 Å². The Labute approximate surface area is 166 Å². The standard InChI is InChI=1S/C22H20FNO5/c1-3-29-20(27)10-9-18(25)22-19(26)11-13-5-4-6-16(21(13)24-22)15-8-7-14(28-2)12-17(15)23/h4-8,11-12,26H,3,9-10H2,1-2H3. The predicted molar refractivity (Wildman–Crippen MR) is 106 cm³/mol. The smallest absolute Gasteiger partial charge is 0.306 e. The third-order valence-electron chi connectivity index (χ3n) is 4.42. The lowest BCUT2D eigenvalue weighted by Crippen LogP contribution is -2.09. The molecule has 1 aromatic heterocycles. The molecule has 0 aliphatic carbocycles. The predicted octanol–water partition coefficient (Wildman–Crippen LogP) is 4.28. The maximum Gasteiger partial charge on any atom is 0.306 e. The van der Waals surface area contributed by atoms with E-state index < -0.39 is 17.6 Å². The normalized spacial score (nSPS) is 10.7. The third kappa shape index (κ3) is 4.34. The monoisotopic (exact) mass is 397 g/mol. The molecule has 1 N–H and O–H groups in total. The van der Waals surface area contributed by atoms with Gasteiger partial charge in [-0.2, -0.15) is 0 Å². The number of carbonyl (C=O) groups excluding carboxylic acids is 2. The Kier molecular flexibility index (Phi) is 6.07. The fourth-order valence-electron chi connectivity index (χ4n) is 3.02. The van der Waals surface area contributed by atoms with E-state index in [9.17, 15) is 19.1 Å². The molecule has 0 aliphatic heterocycles. The molecule has 1 heterocycles. The number of esters is 1. The number of Topliss-reactive ketones (excluding diaryl/α,β-unsaturated/α-hetero) is 1. The molecule has 0 atom stereocenters. The minimum absolute atomic E-state index is 0.111. The number of para-hydroxylation sites is 1. The molecule has 6 nitrogen and oxygen atoms in total. The quantitative estimate of drug-likeness (QED) is 0.473. The second kappa shape index (κ2) is 8.68. The fourth-order valence-corrected chi connectivity index (χ4v) is 3.02. The third-order valence-corrected chi connectivity index (χ3v) is 4.42. The Morgan fingerprint density at radius 3 is 2.59 bits per heavy atom. The number of aromatic hydroxyl groups is 1. The summed E-state index contributed by atoms with van der Waals surface area (Å²) in [5.41, 5.74) is 0.971. The molecule has 3 aromatic rings. The lowest BCUT2D eigenvalue weighted by atomic mass is 10.00. The molecule has 0 unspecified atom stereocenters. The van der Waals surface area contributed by atoms with Crippen LogP contribution in [0.1, 0.15) is 30.3 Å². The van der Waals surface area contributed by atoms with E-state index >= 15 is 0 Å². The van der Waals surface area contributed by atoms with Crippen molar-refractivity contribution in [2.45, 2.75) is 19.8 Å². The number of methoxy groups -OCH3 is 1. The van der Waals surface area contributed by atoms with E-state index in [-0.39, 0.29) is 30.9 Å². The highest BCUT2D eigenvalue weighted by molar-refractivity contribution is 6.02. The number of ketones is 1. The average molecular weight is 397 g/mol. The van der Waals surface area contributed by atoms with Crippen molar-refractivity contribution in [1.82, 2.24) is 4.98 Å². The molecule has 0 fully saturated rings. The molecular weight excluding hydrogens is 377 g/mol. The van der Waals surface area contributed by atoms with E-state index in [1.807, 2.05) is 0 Å². The molecule has 0 radical (unpaired) electrons. The minimum Gasteiger partial charge on any atom is -0.506 e. The van der Waals surface area contributed by atoms with Crippen LogP contribution in [0.25, 0.3) is 22.0 Å². The Hall–Kier alpha value is -3.48. The first-order valence-corrected chi connectivity index (χ1v) is 9.10. The number of pyridine rings is 1. The molecule has 150 valence electrons. The highest BCUT2D eigenvalue weighted by Gasteiger charge is 2.19. The first kappa shape index (κ1) is 20.3. The topological polar surface area (TPSA) is 85.7 Å². The van der Waals surface area contributed by atoms with Crippen LogP contribution >= 0.6 is 0 Å². The van der Waals surface area contributed by atoms with Gasteiger partial charge in [0.25, 0.3) is 0 Å². The Balaban J connectivity index is 2.02. The van der Waals surface area contributed by atoms with Crippen LogP contribution in [0, 0.1) is 5.82 Å².